The Hall–Kier alpha value is -3.28. The molecule has 2 unspecified atom stereocenters. The van der Waals surface area contributed by atoms with Crippen LogP contribution in [0, 0.1) is 5.82 Å². The summed E-state index contributed by atoms with van der Waals surface area (Å²) in [6, 6.07) is 9.96. The van der Waals surface area contributed by atoms with Crippen LogP contribution in [-0.4, -0.2) is 63.5 Å². The van der Waals surface area contributed by atoms with Crippen molar-refractivity contribution >= 4 is 33.2 Å². The molecule has 37 heavy (non-hydrogen) atoms. The number of aliphatic hydroxyl groups is 1. The quantitative estimate of drug-likeness (QED) is 0.339. The standard InChI is InChI=1S/C26H34FN3O6S/c1-6-7-18-12-19(14-22(13-18)30(4)37(34,35)17(2)3)25(32)28-16-23(31)15-24(36-5)26(33)29-21-10-8-20(27)9-11-21/h6,8-14,17,23-24,31H,1,7,15-16H2,2-5H3,(H,28,32)(H,29,33). The number of hydrogen-bond donors (Lipinski definition) is 3. The Morgan fingerprint density at radius 2 is 1.84 bits per heavy atom. The van der Waals surface area contributed by atoms with E-state index in [4.69, 9.17) is 4.74 Å². The first-order valence-corrected chi connectivity index (χ1v) is 13.2. The molecule has 11 heteroatoms. The lowest BCUT2D eigenvalue weighted by Crippen LogP contribution is -2.38. The van der Waals surface area contributed by atoms with E-state index < -0.39 is 45.1 Å². The molecule has 0 saturated carbocycles. The number of amides is 2. The molecule has 9 nitrogen and oxygen atoms in total. The summed E-state index contributed by atoms with van der Waals surface area (Å²) in [4.78, 5) is 25.3. The number of rotatable bonds is 13. The highest BCUT2D eigenvalue weighted by Crippen LogP contribution is 2.23. The third-order valence-electron chi connectivity index (χ3n) is 5.63. The number of carbonyl (C=O) groups excluding carboxylic acids is 2. The van der Waals surface area contributed by atoms with E-state index in [0.717, 1.165) is 4.31 Å². The number of nitrogens with one attached hydrogen (secondary N) is 2. The molecular formula is C26H34FN3O6S. The van der Waals surface area contributed by atoms with Gasteiger partial charge in [-0.1, -0.05) is 6.08 Å². The van der Waals surface area contributed by atoms with Gasteiger partial charge in [0.15, 0.2) is 0 Å². The fraction of sp³-hybridized carbons (Fsp3) is 0.385. The van der Waals surface area contributed by atoms with Crippen molar-refractivity contribution in [2.75, 3.05) is 30.3 Å². The lowest BCUT2D eigenvalue weighted by molar-refractivity contribution is -0.127. The van der Waals surface area contributed by atoms with Gasteiger partial charge in [0.1, 0.15) is 11.9 Å². The number of ether oxygens (including phenoxy) is 1. The molecule has 0 spiro atoms. The van der Waals surface area contributed by atoms with E-state index in [1.807, 2.05) is 0 Å². The minimum atomic E-state index is -3.61. The first-order valence-electron chi connectivity index (χ1n) is 11.7. The van der Waals surface area contributed by atoms with Crippen molar-refractivity contribution in [2.45, 2.75) is 44.1 Å². The summed E-state index contributed by atoms with van der Waals surface area (Å²) in [6.07, 6.45) is -0.183. The zero-order chi connectivity index (χ0) is 27.8. The van der Waals surface area contributed by atoms with Gasteiger partial charge in [-0.2, -0.15) is 0 Å². The van der Waals surface area contributed by atoms with E-state index in [9.17, 15) is 27.5 Å². The summed E-state index contributed by atoms with van der Waals surface area (Å²) in [6.45, 7) is 6.66. The molecule has 0 heterocycles. The molecule has 2 rings (SSSR count). The third-order valence-corrected chi connectivity index (χ3v) is 7.80. The van der Waals surface area contributed by atoms with Crippen LogP contribution in [0.15, 0.2) is 55.1 Å². The Morgan fingerprint density at radius 3 is 2.41 bits per heavy atom. The summed E-state index contributed by atoms with van der Waals surface area (Å²) in [7, 11) is -0.873. The van der Waals surface area contributed by atoms with Gasteiger partial charge in [-0.3, -0.25) is 13.9 Å². The molecule has 0 bridgehead atoms. The van der Waals surface area contributed by atoms with Crippen LogP contribution < -0.4 is 14.9 Å². The van der Waals surface area contributed by atoms with Crippen molar-refractivity contribution in [3.05, 3.63) is 72.1 Å². The average Bonchev–Trinajstić information content (AvgIpc) is 2.86. The van der Waals surface area contributed by atoms with Crippen LogP contribution in [0.1, 0.15) is 36.2 Å². The summed E-state index contributed by atoms with van der Waals surface area (Å²) in [5.74, 6) is -1.50. The molecule has 0 aliphatic carbocycles. The van der Waals surface area contributed by atoms with E-state index in [0.29, 0.717) is 23.4 Å². The molecule has 0 radical (unpaired) electrons. The minimum Gasteiger partial charge on any atom is -0.391 e. The lowest BCUT2D eigenvalue weighted by Gasteiger charge is -2.23. The van der Waals surface area contributed by atoms with Crippen molar-refractivity contribution in [3.8, 4) is 0 Å². The van der Waals surface area contributed by atoms with Crippen molar-refractivity contribution in [2.24, 2.45) is 0 Å². The van der Waals surface area contributed by atoms with Gasteiger partial charge in [0.25, 0.3) is 11.8 Å². The van der Waals surface area contributed by atoms with E-state index in [1.54, 1.807) is 32.1 Å². The first kappa shape index (κ1) is 29.9. The molecule has 0 aliphatic heterocycles. The molecule has 2 amide bonds. The van der Waals surface area contributed by atoms with Crippen molar-refractivity contribution in [1.82, 2.24) is 5.32 Å². The number of carbonyl (C=O) groups is 2. The molecule has 0 aromatic heterocycles. The van der Waals surface area contributed by atoms with Crippen LogP contribution in [0.25, 0.3) is 0 Å². The highest BCUT2D eigenvalue weighted by atomic mass is 32.2. The predicted octanol–water partition coefficient (Wildman–Crippen LogP) is 2.86. The van der Waals surface area contributed by atoms with Crippen LogP contribution in [0.5, 0.6) is 0 Å². The van der Waals surface area contributed by atoms with Crippen molar-refractivity contribution in [3.63, 3.8) is 0 Å². The second-order valence-corrected chi connectivity index (χ2v) is 11.3. The van der Waals surface area contributed by atoms with E-state index in [1.165, 1.54) is 44.5 Å². The number of aliphatic hydroxyl groups excluding tert-OH is 1. The highest BCUT2D eigenvalue weighted by Gasteiger charge is 2.25. The Kier molecular flexibility index (Phi) is 10.8. The molecule has 2 aromatic carbocycles. The zero-order valence-electron chi connectivity index (χ0n) is 21.4. The number of methoxy groups -OCH3 is 1. The van der Waals surface area contributed by atoms with Gasteiger partial charge in [-0.25, -0.2) is 12.8 Å². The van der Waals surface area contributed by atoms with E-state index in [2.05, 4.69) is 17.2 Å². The summed E-state index contributed by atoms with van der Waals surface area (Å²) < 4.78 is 44.6. The monoisotopic (exact) mass is 535 g/mol. The zero-order valence-corrected chi connectivity index (χ0v) is 22.2. The van der Waals surface area contributed by atoms with Gasteiger partial charge in [-0.15, -0.1) is 6.58 Å². The summed E-state index contributed by atoms with van der Waals surface area (Å²) in [5, 5.41) is 15.0. The number of halogens is 1. The number of nitrogens with zero attached hydrogens (tertiary/aromatic N) is 1. The van der Waals surface area contributed by atoms with Gasteiger partial charge in [-0.05, 0) is 68.3 Å². The van der Waals surface area contributed by atoms with Crippen LogP contribution in [0.3, 0.4) is 0 Å². The molecule has 2 atom stereocenters. The summed E-state index contributed by atoms with van der Waals surface area (Å²) >= 11 is 0. The van der Waals surface area contributed by atoms with Crippen LogP contribution >= 0.6 is 0 Å². The Bertz CT molecular complexity index is 1200. The SMILES string of the molecule is C=CCc1cc(C(=O)NCC(O)CC(OC)C(=O)Nc2ccc(F)cc2)cc(N(C)S(=O)(=O)C(C)C)c1. The molecule has 0 saturated heterocycles. The summed E-state index contributed by atoms with van der Waals surface area (Å²) in [5.41, 5.74) is 1.61. The maximum absolute atomic E-state index is 13.1. The average molecular weight is 536 g/mol. The molecule has 2 aromatic rings. The van der Waals surface area contributed by atoms with Crippen LogP contribution in [-0.2, 0) is 26.0 Å². The fourth-order valence-corrected chi connectivity index (χ4v) is 4.48. The van der Waals surface area contributed by atoms with Crippen LogP contribution in [0.4, 0.5) is 15.8 Å². The number of sulfonamides is 1. The number of benzene rings is 2. The Morgan fingerprint density at radius 1 is 1.19 bits per heavy atom. The fourth-order valence-electron chi connectivity index (χ4n) is 3.44. The first-order chi connectivity index (χ1) is 17.4. The van der Waals surface area contributed by atoms with Gasteiger partial charge in [0.2, 0.25) is 10.0 Å². The van der Waals surface area contributed by atoms with Crippen LogP contribution in [0.2, 0.25) is 0 Å². The van der Waals surface area contributed by atoms with E-state index >= 15 is 0 Å². The van der Waals surface area contributed by atoms with Gasteiger partial charge >= 0.3 is 0 Å². The largest absolute Gasteiger partial charge is 0.391 e. The molecule has 202 valence electrons. The van der Waals surface area contributed by atoms with Gasteiger partial charge in [0.05, 0.1) is 17.0 Å². The van der Waals surface area contributed by atoms with Gasteiger partial charge in [0, 0.05) is 38.4 Å². The predicted molar refractivity (Wildman–Crippen MR) is 142 cm³/mol. The maximum atomic E-state index is 13.1. The van der Waals surface area contributed by atoms with E-state index in [-0.39, 0.29) is 18.5 Å². The maximum Gasteiger partial charge on any atom is 0.253 e. The smallest absolute Gasteiger partial charge is 0.253 e. The Labute approximate surface area is 217 Å². The second-order valence-electron chi connectivity index (χ2n) is 8.76. The second kappa shape index (κ2) is 13.3. The molecule has 0 fully saturated rings. The molecule has 0 aliphatic rings. The number of allylic oxidation sites excluding steroid dienone is 1. The topological polar surface area (TPSA) is 125 Å². The number of hydrogen-bond acceptors (Lipinski definition) is 6. The minimum absolute atomic E-state index is 0.110. The normalized spacial score (nSPS) is 13.1. The molecular weight excluding hydrogens is 501 g/mol. The highest BCUT2D eigenvalue weighted by molar-refractivity contribution is 7.93. The van der Waals surface area contributed by atoms with Gasteiger partial charge < -0.3 is 20.5 Å². The molecule has 3 N–H and O–H groups in total. The number of anilines is 2. The Balaban J connectivity index is 2.07. The van der Waals surface area contributed by atoms with Crippen molar-refractivity contribution < 1.29 is 32.2 Å². The van der Waals surface area contributed by atoms with Crippen molar-refractivity contribution in [1.29, 1.82) is 0 Å². The third kappa shape index (κ3) is 8.38. The lowest BCUT2D eigenvalue weighted by atomic mass is 10.1.